The summed E-state index contributed by atoms with van der Waals surface area (Å²) >= 11 is 0. The van der Waals surface area contributed by atoms with Crippen LogP contribution in [0.15, 0.2) is 229 Å². The molecule has 0 fully saturated rings. The largest absolute Gasteiger partial charge is 0.455 e. The molecule has 0 aliphatic carbocycles. The summed E-state index contributed by atoms with van der Waals surface area (Å²) in [5.74, 6) is 0. The van der Waals surface area contributed by atoms with Crippen molar-refractivity contribution >= 4 is 82.1 Å². The normalized spacial score (nSPS) is 11.7. The molecular formula is C58H37NO. The van der Waals surface area contributed by atoms with E-state index in [1.165, 1.54) is 54.2 Å². The predicted octanol–water partition coefficient (Wildman–Crippen LogP) is 16.7. The smallest absolute Gasteiger partial charge is 0.143 e. The highest BCUT2D eigenvalue weighted by Gasteiger charge is 2.23. The Hall–Kier alpha value is -7.94. The van der Waals surface area contributed by atoms with Gasteiger partial charge in [0, 0.05) is 33.2 Å². The maximum Gasteiger partial charge on any atom is 0.143 e. The van der Waals surface area contributed by atoms with Crippen LogP contribution in [0.2, 0.25) is 0 Å². The maximum atomic E-state index is 6.50. The van der Waals surface area contributed by atoms with Gasteiger partial charge in [-0.3, -0.25) is 0 Å². The SMILES string of the molecule is c1ccc(N(c2ccc(-c3cccc4c3oc3ccccc34)cc2)c2ccccc2-c2cc3ccccc3c3ccccc23)c(-c2cc3ccccc3c3ccccc23)c1. The van der Waals surface area contributed by atoms with Crippen molar-refractivity contribution in [1.29, 1.82) is 0 Å². The van der Waals surface area contributed by atoms with Gasteiger partial charge in [-0.25, -0.2) is 0 Å². The Kier molecular flexibility index (Phi) is 7.89. The van der Waals surface area contributed by atoms with Crippen molar-refractivity contribution in [2.75, 3.05) is 4.90 Å². The van der Waals surface area contributed by atoms with Gasteiger partial charge in [-0.05, 0) is 102 Å². The van der Waals surface area contributed by atoms with Crippen LogP contribution in [-0.2, 0) is 0 Å². The van der Waals surface area contributed by atoms with Gasteiger partial charge in [0.2, 0.25) is 0 Å². The van der Waals surface area contributed by atoms with Crippen molar-refractivity contribution in [2.24, 2.45) is 0 Å². The molecule has 0 bridgehead atoms. The highest BCUT2D eigenvalue weighted by Crippen LogP contribution is 2.48. The van der Waals surface area contributed by atoms with Crippen molar-refractivity contribution in [1.82, 2.24) is 0 Å². The van der Waals surface area contributed by atoms with E-state index in [2.05, 4.69) is 217 Å². The molecular weight excluding hydrogens is 727 g/mol. The molecule has 12 rings (SSSR count). The van der Waals surface area contributed by atoms with Gasteiger partial charge >= 0.3 is 0 Å². The van der Waals surface area contributed by atoms with Crippen LogP contribution >= 0.6 is 0 Å². The maximum absolute atomic E-state index is 6.50. The monoisotopic (exact) mass is 763 g/mol. The number of fused-ring (bicyclic) bond motifs is 9. The van der Waals surface area contributed by atoms with Gasteiger partial charge in [0.05, 0.1) is 11.4 Å². The first-order valence-corrected chi connectivity index (χ1v) is 20.6. The third-order valence-corrected chi connectivity index (χ3v) is 12.2. The Morgan fingerprint density at radius 3 is 1.30 bits per heavy atom. The summed E-state index contributed by atoms with van der Waals surface area (Å²) < 4.78 is 6.50. The van der Waals surface area contributed by atoms with Gasteiger partial charge in [-0.1, -0.05) is 182 Å². The summed E-state index contributed by atoms with van der Waals surface area (Å²) in [6, 6.07) is 81.4. The minimum atomic E-state index is 0.901. The average molecular weight is 764 g/mol. The zero-order valence-electron chi connectivity index (χ0n) is 32.7. The number of hydrogen-bond acceptors (Lipinski definition) is 2. The van der Waals surface area contributed by atoms with E-state index in [9.17, 15) is 0 Å². The fraction of sp³-hybridized carbons (Fsp3) is 0. The Labute approximate surface area is 347 Å². The van der Waals surface area contributed by atoms with Crippen LogP contribution < -0.4 is 4.90 Å². The van der Waals surface area contributed by atoms with Gasteiger partial charge in [0.1, 0.15) is 11.2 Å². The van der Waals surface area contributed by atoms with E-state index in [1.807, 2.05) is 12.1 Å². The van der Waals surface area contributed by atoms with Crippen molar-refractivity contribution in [2.45, 2.75) is 0 Å². The number of benzene rings is 11. The molecule has 2 nitrogen and oxygen atoms in total. The number of para-hydroxylation sites is 4. The van der Waals surface area contributed by atoms with E-state index >= 15 is 0 Å². The van der Waals surface area contributed by atoms with Crippen LogP contribution in [0, 0.1) is 0 Å². The first kappa shape index (κ1) is 34.1. The highest BCUT2D eigenvalue weighted by atomic mass is 16.3. The number of nitrogens with zero attached hydrogens (tertiary/aromatic N) is 1. The molecule has 0 atom stereocenters. The Bertz CT molecular complexity index is 3450. The zero-order chi connectivity index (χ0) is 39.6. The average Bonchev–Trinajstić information content (AvgIpc) is 3.71. The number of hydrogen-bond donors (Lipinski definition) is 0. The lowest BCUT2D eigenvalue weighted by atomic mass is 9.90. The minimum Gasteiger partial charge on any atom is -0.455 e. The Morgan fingerprint density at radius 1 is 0.283 bits per heavy atom. The lowest BCUT2D eigenvalue weighted by Gasteiger charge is -2.30. The van der Waals surface area contributed by atoms with Crippen LogP contribution in [-0.4, -0.2) is 0 Å². The second-order valence-corrected chi connectivity index (χ2v) is 15.6. The molecule has 1 heterocycles. The lowest BCUT2D eigenvalue weighted by Crippen LogP contribution is -2.12. The molecule has 60 heavy (non-hydrogen) atoms. The van der Waals surface area contributed by atoms with Gasteiger partial charge in [-0.2, -0.15) is 0 Å². The van der Waals surface area contributed by atoms with Gasteiger partial charge in [-0.15, -0.1) is 0 Å². The van der Waals surface area contributed by atoms with E-state index in [4.69, 9.17) is 4.42 Å². The van der Waals surface area contributed by atoms with Crippen LogP contribution in [0.1, 0.15) is 0 Å². The molecule has 0 unspecified atom stereocenters. The second kappa shape index (κ2) is 13.9. The fourth-order valence-electron chi connectivity index (χ4n) is 9.52. The molecule has 12 aromatic rings. The van der Waals surface area contributed by atoms with Crippen LogP contribution in [0.25, 0.3) is 98.4 Å². The van der Waals surface area contributed by atoms with E-state index < -0.39 is 0 Å². The Morgan fingerprint density at radius 2 is 0.717 bits per heavy atom. The quantitative estimate of drug-likeness (QED) is 0.157. The van der Waals surface area contributed by atoms with Crippen LogP contribution in [0.3, 0.4) is 0 Å². The lowest BCUT2D eigenvalue weighted by molar-refractivity contribution is 0.670. The third kappa shape index (κ3) is 5.42. The van der Waals surface area contributed by atoms with E-state index in [0.717, 1.165) is 61.3 Å². The molecule has 11 aromatic carbocycles. The highest BCUT2D eigenvalue weighted by molar-refractivity contribution is 6.17. The van der Waals surface area contributed by atoms with E-state index in [-0.39, 0.29) is 0 Å². The molecule has 0 N–H and O–H groups in total. The Balaban J connectivity index is 1.11. The summed E-state index contributed by atoms with van der Waals surface area (Å²) in [7, 11) is 0. The third-order valence-electron chi connectivity index (χ3n) is 12.2. The summed E-state index contributed by atoms with van der Waals surface area (Å²) in [4.78, 5) is 2.46. The molecule has 0 aliphatic heterocycles. The topological polar surface area (TPSA) is 16.4 Å². The number of furan rings is 1. The number of anilines is 3. The van der Waals surface area contributed by atoms with Crippen molar-refractivity contribution in [3.63, 3.8) is 0 Å². The van der Waals surface area contributed by atoms with Crippen LogP contribution in [0.4, 0.5) is 17.1 Å². The molecule has 0 amide bonds. The first-order chi connectivity index (χ1) is 29.8. The van der Waals surface area contributed by atoms with Crippen LogP contribution in [0.5, 0.6) is 0 Å². The zero-order valence-corrected chi connectivity index (χ0v) is 32.7. The molecule has 0 saturated carbocycles. The molecule has 0 saturated heterocycles. The van der Waals surface area contributed by atoms with Gasteiger partial charge < -0.3 is 9.32 Å². The summed E-state index contributed by atoms with van der Waals surface area (Å²) in [6.07, 6.45) is 0. The first-order valence-electron chi connectivity index (χ1n) is 20.6. The fourth-order valence-corrected chi connectivity index (χ4v) is 9.52. The number of rotatable bonds is 6. The predicted molar refractivity (Wildman–Crippen MR) is 255 cm³/mol. The van der Waals surface area contributed by atoms with Gasteiger partial charge in [0.25, 0.3) is 0 Å². The summed E-state index contributed by atoms with van der Waals surface area (Å²) in [5.41, 5.74) is 12.0. The van der Waals surface area contributed by atoms with E-state index in [0.29, 0.717) is 0 Å². The molecule has 2 heteroatoms. The molecule has 0 radical (unpaired) electrons. The van der Waals surface area contributed by atoms with Crippen molar-refractivity contribution in [3.8, 4) is 33.4 Å². The molecule has 0 aliphatic rings. The second-order valence-electron chi connectivity index (χ2n) is 15.6. The minimum absolute atomic E-state index is 0.901. The molecule has 280 valence electrons. The van der Waals surface area contributed by atoms with Crippen molar-refractivity contribution in [3.05, 3.63) is 224 Å². The molecule has 0 spiro atoms. The van der Waals surface area contributed by atoms with Gasteiger partial charge in [0.15, 0.2) is 0 Å². The van der Waals surface area contributed by atoms with Crippen molar-refractivity contribution < 1.29 is 4.42 Å². The summed E-state index contributed by atoms with van der Waals surface area (Å²) in [6.45, 7) is 0. The summed E-state index contributed by atoms with van der Waals surface area (Å²) in [5, 5.41) is 12.2. The van der Waals surface area contributed by atoms with E-state index in [1.54, 1.807) is 0 Å². The standard InChI is InChI=1S/C58H37NO/c1-3-18-42-39(16-1)36-53(47-22-7-5-20-45(42)47)49-24-9-12-29-55(49)59(41-34-32-38(33-35-41)44-27-15-28-52-51-26-11-14-31-57(51)60-58(44)52)56-30-13-10-25-50(56)54-37-40-17-2-4-19-43(40)46-21-6-8-23-48(46)54/h1-37H. The molecule has 1 aromatic heterocycles.